The molecule has 2 saturated carbocycles. The van der Waals surface area contributed by atoms with Crippen LogP contribution in [0.15, 0.2) is 22.8 Å². The molecule has 1 aliphatic heterocycles. The van der Waals surface area contributed by atoms with Crippen molar-refractivity contribution in [2.75, 3.05) is 0 Å². The topological polar surface area (TPSA) is 136 Å². The quantitative estimate of drug-likeness (QED) is 0.296. The summed E-state index contributed by atoms with van der Waals surface area (Å²) in [5.74, 6) is -0.492. The summed E-state index contributed by atoms with van der Waals surface area (Å²) in [6.45, 7) is 2.14. The van der Waals surface area contributed by atoms with Crippen LogP contribution in [0.1, 0.15) is 58.3 Å². The van der Waals surface area contributed by atoms with Crippen LogP contribution in [0.3, 0.4) is 0 Å². The number of aliphatic hydroxyl groups is 3. The average molecular weight is 470 g/mol. The molecule has 0 aromatic carbocycles. The molecule has 3 N–H and O–H groups in total. The number of aliphatic hydroxyl groups excluding tert-OH is 3. The van der Waals surface area contributed by atoms with Gasteiger partial charge in [0.1, 0.15) is 30.2 Å². The van der Waals surface area contributed by atoms with E-state index in [0.717, 1.165) is 32.1 Å². The normalized spacial score (nSPS) is 44.8. The van der Waals surface area contributed by atoms with Crippen LogP contribution < -0.4 is 34.7 Å². The zero-order chi connectivity index (χ0) is 22.8. The standard InChI is InChI=1S/C24H32O8.Na/c1-24-9-8-14-13-5-3-12(10-11(13)2-4-15(14)16(24)6-7-17(24)25)31-23-20(28)18(26)19(27)21(32-23)22(29)30;/h4,12,14,16,18-21,23,26-28H,2-3,5-10H2,1H3,(H,29,30);/q;+1/p-1/t12-,14?,16?,18+,19+,20-,21+,23?,24+;/m1./s1. The van der Waals surface area contributed by atoms with Crippen molar-refractivity contribution in [1.82, 2.24) is 0 Å². The van der Waals surface area contributed by atoms with Gasteiger partial charge in [-0.25, -0.2) is 0 Å². The van der Waals surface area contributed by atoms with Gasteiger partial charge in [-0.1, -0.05) is 29.7 Å². The predicted molar refractivity (Wildman–Crippen MR) is 109 cm³/mol. The minimum Gasteiger partial charge on any atom is -0.547 e. The SMILES string of the molecule is C[C@]12CCC3C(=CCC4=C3CC[C@@H](OC3O[C@H](C(=O)[O-])[C@@H](O)[C@H](O)[C@H]3O)C4)C1CCC2=O.[Na+]. The summed E-state index contributed by atoms with van der Waals surface area (Å²) in [6.07, 6.45) is 0.474. The van der Waals surface area contributed by atoms with Crippen molar-refractivity contribution in [3.63, 3.8) is 0 Å². The van der Waals surface area contributed by atoms with Gasteiger partial charge >= 0.3 is 29.6 Å². The molecule has 0 amide bonds. The Kier molecular flexibility index (Phi) is 7.32. The van der Waals surface area contributed by atoms with Gasteiger partial charge in [-0.2, -0.15) is 0 Å². The van der Waals surface area contributed by atoms with Gasteiger partial charge in [-0.3, -0.25) is 4.79 Å². The first-order valence-corrected chi connectivity index (χ1v) is 11.7. The first-order valence-electron chi connectivity index (χ1n) is 11.7. The molecule has 5 aliphatic rings. The number of rotatable bonds is 3. The second-order valence-electron chi connectivity index (χ2n) is 10.3. The van der Waals surface area contributed by atoms with Gasteiger partial charge in [-0.15, -0.1) is 0 Å². The molecule has 4 aliphatic carbocycles. The third-order valence-corrected chi connectivity index (χ3v) is 8.62. The summed E-state index contributed by atoms with van der Waals surface area (Å²) in [4.78, 5) is 23.7. The van der Waals surface area contributed by atoms with E-state index in [1.807, 2.05) is 0 Å². The van der Waals surface area contributed by atoms with Gasteiger partial charge in [0.05, 0.1) is 12.1 Å². The first-order chi connectivity index (χ1) is 15.2. The summed E-state index contributed by atoms with van der Waals surface area (Å²) in [5, 5.41) is 41.3. The maximum atomic E-state index is 12.5. The molecular weight excluding hydrogens is 439 g/mol. The Morgan fingerprint density at radius 2 is 1.91 bits per heavy atom. The van der Waals surface area contributed by atoms with E-state index in [0.29, 0.717) is 36.9 Å². The molecule has 0 aromatic heterocycles. The van der Waals surface area contributed by atoms with E-state index >= 15 is 0 Å². The first kappa shape index (κ1) is 25.5. The second kappa shape index (κ2) is 9.47. The number of carbonyl (C=O) groups is 2. The number of carbonyl (C=O) groups excluding carboxylic acids is 2. The summed E-state index contributed by atoms with van der Waals surface area (Å²) in [7, 11) is 0. The zero-order valence-corrected chi connectivity index (χ0v) is 21.2. The molecule has 1 saturated heterocycles. The number of aliphatic carboxylic acids is 1. The molecule has 33 heavy (non-hydrogen) atoms. The van der Waals surface area contributed by atoms with Crippen LogP contribution in [-0.4, -0.2) is 63.9 Å². The van der Waals surface area contributed by atoms with E-state index in [9.17, 15) is 30.0 Å². The smallest absolute Gasteiger partial charge is 0.547 e. The monoisotopic (exact) mass is 470 g/mol. The Balaban J connectivity index is 0.00000259. The van der Waals surface area contributed by atoms with E-state index in [4.69, 9.17) is 9.47 Å². The second-order valence-corrected chi connectivity index (χ2v) is 10.3. The average Bonchev–Trinajstić information content (AvgIpc) is 3.08. The molecule has 5 rings (SSSR count). The third kappa shape index (κ3) is 4.20. The number of hydrogen-bond acceptors (Lipinski definition) is 8. The van der Waals surface area contributed by atoms with Crippen LogP contribution in [0.5, 0.6) is 0 Å². The number of Topliss-reactive ketones (excluding diaryl/α,β-unsaturated/α-hetero) is 1. The Morgan fingerprint density at radius 1 is 1.15 bits per heavy atom. The van der Waals surface area contributed by atoms with Gasteiger partial charge in [0, 0.05) is 17.8 Å². The van der Waals surface area contributed by atoms with Crippen molar-refractivity contribution in [2.45, 2.75) is 95.1 Å². The van der Waals surface area contributed by atoms with Gasteiger partial charge in [0.2, 0.25) is 0 Å². The summed E-state index contributed by atoms with van der Waals surface area (Å²) < 4.78 is 11.1. The van der Waals surface area contributed by atoms with E-state index in [1.54, 1.807) is 0 Å². The Morgan fingerprint density at radius 3 is 2.64 bits per heavy atom. The maximum absolute atomic E-state index is 12.5. The number of allylic oxidation sites excluding steroid dienone is 3. The summed E-state index contributed by atoms with van der Waals surface area (Å²) in [6, 6.07) is 0. The minimum atomic E-state index is -1.78. The molecular formula is C24H31NaO8. The van der Waals surface area contributed by atoms with Crippen molar-refractivity contribution in [2.24, 2.45) is 17.3 Å². The molecule has 8 nitrogen and oxygen atoms in total. The van der Waals surface area contributed by atoms with Crippen LogP contribution in [0, 0.1) is 17.3 Å². The third-order valence-electron chi connectivity index (χ3n) is 8.62. The molecule has 0 bridgehead atoms. The van der Waals surface area contributed by atoms with Crippen LogP contribution in [0.4, 0.5) is 0 Å². The number of hydrogen-bond donors (Lipinski definition) is 3. The Bertz CT molecular complexity index is 884. The molecule has 0 aromatic rings. The number of fused-ring (bicyclic) bond motifs is 4. The maximum Gasteiger partial charge on any atom is 1.00 e. The van der Waals surface area contributed by atoms with Crippen molar-refractivity contribution in [3.05, 3.63) is 22.8 Å². The van der Waals surface area contributed by atoms with Crippen LogP contribution in [-0.2, 0) is 19.1 Å². The van der Waals surface area contributed by atoms with E-state index in [-0.39, 0.29) is 41.1 Å². The fraction of sp³-hybridized carbons (Fsp3) is 0.750. The van der Waals surface area contributed by atoms with Crippen molar-refractivity contribution >= 4 is 11.8 Å². The minimum absolute atomic E-state index is 0. The Labute approximate surface area is 215 Å². The largest absolute Gasteiger partial charge is 1.00 e. The molecule has 9 atom stereocenters. The van der Waals surface area contributed by atoms with Crippen molar-refractivity contribution in [3.8, 4) is 0 Å². The van der Waals surface area contributed by atoms with E-state index in [2.05, 4.69) is 13.0 Å². The number of carboxylic acids is 1. The van der Waals surface area contributed by atoms with Gasteiger partial charge in [0.15, 0.2) is 6.29 Å². The molecule has 3 unspecified atom stereocenters. The van der Waals surface area contributed by atoms with E-state index < -0.39 is 36.7 Å². The van der Waals surface area contributed by atoms with Crippen LogP contribution in [0.2, 0.25) is 0 Å². The molecule has 176 valence electrons. The Hall–Kier alpha value is -0.580. The van der Waals surface area contributed by atoms with Gasteiger partial charge in [-0.05, 0) is 50.9 Å². The predicted octanol–water partition coefficient (Wildman–Crippen LogP) is -2.86. The number of ketones is 1. The van der Waals surface area contributed by atoms with Crippen molar-refractivity contribution in [1.29, 1.82) is 0 Å². The van der Waals surface area contributed by atoms with Gasteiger partial charge < -0.3 is 34.7 Å². The molecule has 0 radical (unpaired) electrons. The molecule has 3 fully saturated rings. The summed E-state index contributed by atoms with van der Waals surface area (Å²) in [5.41, 5.74) is 4.01. The molecule has 0 spiro atoms. The van der Waals surface area contributed by atoms with Crippen molar-refractivity contribution < 1.29 is 69.0 Å². The summed E-state index contributed by atoms with van der Waals surface area (Å²) >= 11 is 0. The van der Waals surface area contributed by atoms with E-state index in [1.165, 1.54) is 16.7 Å². The number of ether oxygens (including phenoxy) is 2. The van der Waals surface area contributed by atoms with Crippen LogP contribution in [0.25, 0.3) is 0 Å². The number of carboxylic acid groups (broad SMARTS) is 1. The molecule has 9 heteroatoms. The fourth-order valence-corrected chi connectivity index (χ4v) is 6.77. The zero-order valence-electron chi connectivity index (χ0n) is 19.2. The van der Waals surface area contributed by atoms with Gasteiger partial charge in [0.25, 0.3) is 0 Å². The fourth-order valence-electron chi connectivity index (χ4n) is 6.77. The van der Waals surface area contributed by atoms with Crippen LogP contribution >= 0.6 is 0 Å². The molecule has 1 heterocycles.